The van der Waals surface area contributed by atoms with E-state index in [-0.39, 0.29) is 11.9 Å². The Hall–Kier alpha value is -2.18. The largest absolute Gasteiger partial charge is 0.490 e. The lowest BCUT2D eigenvalue weighted by molar-refractivity contribution is 0.0553. The lowest BCUT2D eigenvalue weighted by atomic mass is 10.2. The van der Waals surface area contributed by atoms with E-state index in [1.54, 1.807) is 35.5 Å². The van der Waals surface area contributed by atoms with E-state index >= 15 is 0 Å². The third-order valence-corrected chi connectivity index (χ3v) is 3.83. The van der Waals surface area contributed by atoms with Gasteiger partial charge in [0.15, 0.2) is 0 Å². The van der Waals surface area contributed by atoms with Gasteiger partial charge in [-0.3, -0.25) is 9.78 Å². The lowest BCUT2D eigenvalue weighted by Crippen LogP contribution is -2.56. The minimum Gasteiger partial charge on any atom is -0.490 e. The second-order valence-electron chi connectivity index (χ2n) is 5.20. The number of aromatic nitrogens is 2. The molecule has 0 aliphatic carbocycles. The van der Waals surface area contributed by atoms with Crippen molar-refractivity contribution in [3.63, 3.8) is 0 Å². The number of amides is 1. The molecule has 1 atom stereocenters. The molecule has 1 N–H and O–H groups in total. The van der Waals surface area contributed by atoms with Crippen LogP contribution in [0, 0.1) is 0 Å². The molecule has 0 saturated carbocycles. The normalized spacial score (nSPS) is 17.8. The molecule has 0 aromatic carbocycles. The summed E-state index contributed by atoms with van der Waals surface area (Å²) in [6.07, 6.45) is 3.34. The molecule has 0 spiro atoms. The van der Waals surface area contributed by atoms with Gasteiger partial charge < -0.3 is 15.0 Å². The van der Waals surface area contributed by atoms with E-state index in [1.165, 1.54) is 0 Å². The molecule has 3 rings (SSSR count). The van der Waals surface area contributed by atoms with E-state index < -0.39 is 0 Å². The molecule has 1 aliphatic rings. The first-order valence-corrected chi connectivity index (χ1v) is 7.79. The Kier molecular flexibility index (Phi) is 5.05. The molecule has 0 radical (unpaired) electrons. The molecule has 1 unspecified atom stereocenters. The molecule has 1 aliphatic heterocycles. The summed E-state index contributed by atoms with van der Waals surface area (Å²) < 4.78 is 5.74. The van der Waals surface area contributed by atoms with Crippen LogP contribution in [0.1, 0.15) is 10.5 Å². The molecule has 0 bridgehead atoms. The van der Waals surface area contributed by atoms with E-state index in [4.69, 9.17) is 16.3 Å². The highest BCUT2D eigenvalue weighted by Crippen LogP contribution is 2.14. The highest BCUT2D eigenvalue weighted by Gasteiger charge is 2.28. The van der Waals surface area contributed by atoms with Gasteiger partial charge in [-0.1, -0.05) is 17.7 Å². The first-order valence-electron chi connectivity index (χ1n) is 7.41. The molecule has 120 valence electrons. The highest BCUT2D eigenvalue weighted by molar-refractivity contribution is 6.29. The Labute approximate surface area is 139 Å². The summed E-state index contributed by atoms with van der Waals surface area (Å²) in [5, 5.41) is 3.60. The number of ether oxygens (including phenoxy) is 1. The summed E-state index contributed by atoms with van der Waals surface area (Å²) in [5.74, 6) is 0.556. The number of pyridine rings is 2. The van der Waals surface area contributed by atoms with Crippen LogP contribution in [-0.2, 0) is 0 Å². The van der Waals surface area contributed by atoms with Crippen molar-refractivity contribution in [2.75, 3.05) is 26.2 Å². The van der Waals surface area contributed by atoms with Gasteiger partial charge in [-0.2, -0.15) is 0 Å². The molecule has 2 aromatic heterocycles. The Morgan fingerprint density at radius 2 is 2.30 bits per heavy atom. The van der Waals surface area contributed by atoms with Gasteiger partial charge in [0.25, 0.3) is 5.91 Å². The second kappa shape index (κ2) is 7.39. The van der Waals surface area contributed by atoms with Crippen molar-refractivity contribution in [2.45, 2.75) is 6.04 Å². The van der Waals surface area contributed by atoms with Gasteiger partial charge >= 0.3 is 0 Å². The molecule has 6 nitrogen and oxygen atoms in total. The Morgan fingerprint density at radius 3 is 3.09 bits per heavy atom. The van der Waals surface area contributed by atoms with Gasteiger partial charge in [-0.25, -0.2) is 4.98 Å². The van der Waals surface area contributed by atoms with E-state index in [2.05, 4.69) is 15.3 Å². The highest BCUT2D eigenvalue weighted by atomic mass is 35.5. The number of nitrogens with zero attached hydrogens (tertiary/aromatic N) is 3. The fraction of sp³-hybridized carbons (Fsp3) is 0.312. The molecule has 3 heterocycles. The Balaban J connectivity index is 1.69. The summed E-state index contributed by atoms with van der Waals surface area (Å²) in [4.78, 5) is 22.6. The van der Waals surface area contributed by atoms with Crippen LogP contribution in [-0.4, -0.2) is 53.1 Å². The van der Waals surface area contributed by atoms with Crippen LogP contribution in [0.3, 0.4) is 0 Å². The van der Waals surface area contributed by atoms with Gasteiger partial charge in [0.1, 0.15) is 23.2 Å². The van der Waals surface area contributed by atoms with Crippen molar-refractivity contribution < 1.29 is 9.53 Å². The fourth-order valence-electron chi connectivity index (χ4n) is 2.48. The smallest absolute Gasteiger partial charge is 0.272 e. The number of nitrogens with one attached hydrogen (secondary N) is 1. The fourth-order valence-corrected chi connectivity index (χ4v) is 2.64. The third kappa shape index (κ3) is 3.97. The maximum atomic E-state index is 12.7. The zero-order valence-corrected chi connectivity index (χ0v) is 13.2. The third-order valence-electron chi connectivity index (χ3n) is 3.62. The number of hydrogen-bond acceptors (Lipinski definition) is 5. The van der Waals surface area contributed by atoms with Gasteiger partial charge in [-0.15, -0.1) is 0 Å². The van der Waals surface area contributed by atoms with E-state index in [0.29, 0.717) is 36.3 Å². The number of carbonyl (C=O) groups is 1. The maximum absolute atomic E-state index is 12.7. The predicted molar refractivity (Wildman–Crippen MR) is 86.7 cm³/mol. The van der Waals surface area contributed by atoms with Crippen molar-refractivity contribution in [1.82, 2.24) is 20.2 Å². The van der Waals surface area contributed by atoms with Crippen LogP contribution in [0.5, 0.6) is 5.75 Å². The van der Waals surface area contributed by atoms with Crippen LogP contribution >= 0.6 is 11.6 Å². The van der Waals surface area contributed by atoms with E-state index in [1.807, 2.05) is 12.1 Å². The molecule has 1 amide bonds. The first kappa shape index (κ1) is 15.7. The van der Waals surface area contributed by atoms with Crippen LogP contribution in [0.15, 0.2) is 42.7 Å². The number of piperazine rings is 1. The van der Waals surface area contributed by atoms with Crippen molar-refractivity contribution >= 4 is 17.5 Å². The van der Waals surface area contributed by atoms with Gasteiger partial charge in [0.05, 0.1) is 12.2 Å². The standard InChI is InChI=1S/C16H17ClN4O2/c17-15-5-1-4-14(20-15)16(22)21-8-7-19-9-12(21)11-23-13-3-2-6-18-10-13/h1-6,10,12,19H,7-9,11H2. The summed E-state index contributed by atoms with van der Waals surface area (Å²) in [7, 11) is 0. The summed E-state index contributed by atoms with van der Waals surface area (Å²) in [6, 6.07) is 8.64. The summed E-state index contributed by atoms with van der Waals surface area (Å²) in [6.45, 7) is 2.42. The number of rotatable bonds is 4. The lowest BCUT2D eigenvalue weighted by Gasteiger charge is -2.35. The van der Waals surface area contributed by atoms with Gasteiger partial charge in [-0.05, 0) is 24.3 Å². The number of hydrogen-bond donors (Lipinski definition) is 1. The van der Waals surface area contributed by atoms with Crippen molar-refractivity contribution in [3.8, 4) is 5.75 Å². The minimum atomic E-state index is -0.131. The van der Waals surface area contributed by atoms with Crippen molar-refractivity contribution in [1.29, 1.82) is 0 Å². The average molecular weight is 333 g/mol. The molecular weight excluding hydrogens is 316 g/mol. The van der Waals surface area contributed by atoms with E-state index in [9.17, 15) is 4.79 Å². The van der Waals surface area contributed by atoms with Crippen LogP contribution in [0.25, 0.3) is 0 Å². The van der Waals surface area contributed by atoms with Crippen molar-refractivity contribution in [3.05, 3.63) is 53.6 Å². The number of carbonyl (C=O) groups excluding carboxylic acids is 1. The van der Waals surface area contributed by atoms with Crippen LogP contribution in [0.2, 0.25) is 5.15 Å². The number of halogens is 1. The predicted octanol–water partition coefficient (Wildman–Crippen LogP) is 1.62. The average Bonchev–Trinajstić information content (AvgIpc) is 2.60. The molecule has 1 saturated heterocycles. The van der Waals surface area contributed by atoms with E-state index in [0.717, 1.165) is 6.54 Å². The molecule has 1 fully saturated rings. The topological polar surface area (TPSA) is 67.4 Å². The Bertz CT molecular complexity index is 668. The van der Waals surface area contributed by atoms with Crippen molar-refractivity contribution in [2.24, 2.45) is 0 Å². The van der Waals surface area contributed by atoms with Gasteiger partial charge in [0, 0.05) is 25.8 Å². The zero-order valence-electron chi connectivity index (χ0n) is 12.5. The Morgan fingerprint density at radius 1 is 1.39 bits per heavy atom. The molecule has 7 heteroatoms. The molecular formula is C16H17ClN4O2. The van der Waals surface area contributed by atoms with Gasteiger partial charge in [0.2, 0.25) is 0 Å². The van der Waals surface area contributed by atoms with Crippen LogP contribution < -0.4 is 10.1 Å². The first-order chi connectivity index (χ1) is 11.2. The minimum absolute atomic E-state index is 0.0720. The second-order valence-corrected chi connectivity index (χ2v) is 5.59. The zero-order chi connectivity index (χ0) is 16.1. The van der Waals surface area contributed by atoms with Crippen LogP contribution in [0.4, 0.5) is 0 Å². The quantitative estimate of drug-likeness (QED) is 0.862. The molecule has 2 aromatic rings. The summed E-state index contributed by atoms with van der Waals surface area (Å²) >= 11 is 5.88. The summed E-state index contributed by atoms with van der Waals surface area (Å²) in [5.41, 5.74) is 0.353. The maximum Gasteiger partial charge on any atom is 0.272 e. The SMILES string of the molecule is O=C(c1cccc(Cl)n1)N1CCNCC1COc1cccnc1. The monoisotopic (exact) mass is 332 g/mol. The molecule has 23 heavy (non-hydrogen) atoms.